The number of fused-ring (bicyclic) bond motifs is 1. The summed E-state index contributed by atoms with van der Waals surface area (Å²) in [6.07, 6.45) is 16.9. The zero-order valence-corrected chi connectivity index (χ0v) is 18.4. The van der Waals surface area contributed by atoms with Gasteiger partial charge in [-0.1, -0.05) is 48.7 Å². The Morgan fingerprint density at radius 2 is 2.13 bits per heavy atom. The summed E-state index contributed by atoms with van der Waals surface area (Å²) in [6, 6.07) is 5.65. The maximum Gasteiger partial charge on any atom is 0.255 e. The fraction of sp³-hybridized carbons (Fsp3) is 0.480. The second-order valence-corrected chi connectivity index (χ2v) is 9.11. The fourth-order valence-electron chi connectivity index (χ4n) is 5.22. The topological polar surface area (TPSA) is 68.1 Å². The molecule has 1 aromatic carbocycles. The van der Waals surface area contributed by atoms with Crippen LogP contribution in [0.3, 0.4) is 0 Å². The monoisotopic (exact) mass is 426 g/mol. The van der Waals surface area contributed by atoms with Crippen LogP contribution < -0.4 is 16.0 Å². The molecule has 1 saturated carbocycles. The third-order valence-corrected chi connectivity index (χ3v) is 7.20. The summed E-state index contributed by atoms with van der Waals surface area (Å²) >= 11 is 6.45. The summed E-state index contributed by atoms with van der Waals surface area (Å²) in [5.74, 6) is 0.657. The molecule has 0 saturated heterocycles. The zero-order valence-electron chi connectivity index (χ0n) is 17.6. The lowest BCUT2D eigenvalue weighted by molar-refractivity contribution is 0.0792. The van der Waals surface area contributed by atoms with Crippen LogP contribution in [0.15, 0.2) is 53.0 Å². The third kappa shape index (κ3) is 4.08. The molecule has 0 aliphatic heterocycles. The Balaban J connectivity index is 1.52. The molecule has 2 aliphatic carbocycles. The third-order valence-electron chi connectivity index (χ3n) is 6.91. The lowest BCUT2D eigenvalue weighted by atomic mass is 9.61. The van der Waals surface area contributed by atoms with Gasteiger partial charge in [-0.25, -0.2) is 0 Å². The van der Waals surface area contributed by atoms with Crippen molar-refractivity contribution >= 4 is 22.4 Å². The number of ether oxygens (including phenoxy) is 1. The molecule has 1 unspecified atom stereocenters. The van der Waals surface area contributed by atoms with Crippen LogP contribution in [0.1, 0.15) is 58.3 Å². The van der Waals surface area contributed by atoms with Crippen LogP contribution in [-0.4, -0.2) is 17.1 Å². The molecule has 2 aromatic rings. The molecule has 160 valence electrons. The summed E-state index contributed by atoms with van der Waals surface area (Å²) in [5, 5.41) is 1.91. The molecule has 0 spiro atoms. The van der Waals surface area contributed by atoms with E-state index in [-0.39, 0.29) is 23.1 Å². The van der Waals surface area contributed by atoms with E-state index in [0.717, 1.165) is 56.8 Å². The second kappa shape index (κ2) is 8.99. The molecule has 5 heteroatoms. The average molecular weight is 427 g/mol. The Morgan fingerprint density at radius 3 is 2.83 bits per heavy atom. The minimum Gasteiger partial charge on any atom is -0.489 e. The minimum atomic E-state index is -0.136. The van der Waals surface area contributed by atoms with E-state index in [9.17, 15) is 4.79 Å². The van der Waals surface area contributed by atoms with Crippen LogP contribution in [0.2, 0.25) is 5.02 Å². The van der Waals surface area contributed by atoms with Crippen molar-refractivity contribution in [2.24, 2.45) is 11.1 Å². The summed E-state index contributed by atoms with van der Waals surface area (Å²) in [5.41, 5.74) is 8.23. The van der Waals surface area contributed by atoms with Crippen molar-refractivity contribution in [3.05, 3.63) is 63.6 Å². The molecule has 1 heterocycles. The first-order valence-corrected chi connectivity index (χ1v) is 11.5. The van der Waals surface area contributed by atoms with E-state index in [1.54, 1.807) is 12.3 Å². The Hall–Kier alpha value is -2.04. The molecular weight excluding hydrogens is 396 g/mol. The number of benzene rings is 1. The average Bonchev–Trinajstić information content (AvgIpc) is 2.76. The molecule has 0 amide bonds. The number of nitrogens with one attached hydrogen (secondary N) is 1. The number of rotatable bonds is 6. The highest BCUT2D eigenvalue weighted by molar-refractivity contribution is 6.32. The van der Waals surface area contributed by atoms with Crippen LogP contribution in [-0.2, 0) is 0 Å². The number of aromatic nitrogens is 1. The first kappa shape index (κ1) is 21.2. The maximum atomic E-state index is 12.0. The number of aromatic amines is 1. The van der Waals surface area contributed by atoms with E-state index in [0.29, 0.717) is 16.2 Å². The molecule has 1 fully saturated rings. The molecule has 2 aliphatic rings. The molecule has 1 aromatic heterocycles. The lowest BCUT2D eigenvalue weighted by Gasteiger charge is -2.46. The first-order chi connectivity index (χ1) is 14.5. The van der Waals surface area contributed by atoms with Gasteiger partial charge in [0.1, 0.15) is 5.75 Å². The fourth-order valence-corrected chi connectivity index (χ4v) is 5.43. The van der Waals surface area contributed by atoms with E-state index in [4.69, 9.17) is 22.1 Å². The number of hydrogen-bond donors (Lipinski definition) is 2. The van der Waals surface area contributed by atoms with Gasteiger partial charge in [0.15, 0.2) is 0 Å². The van der Waals surface area contributed by atoms with Gasteiger partial charge in [0.25, 0.3) is 5.56 Å². The Labute approximate surface area is 183 Å². The van der Waals surface area contributed by atoms with Crippen LogP contribution in [0.25, 0.3) is 10.8 Å². The van der Waals surface area contributed by atoms with E-state index in [1.165, 1.54) is 5.57 Å². The molecule has 1 atom stereocenters. The Bertz CT molecular complexity index is 1020. The highest BCUT2D eigenvalue weighted by Gasteiger charge is 2.43. The van der Waals surface area contributed by atoms with Gasteiger partial charge in [-0.3, -0.25) is 4.79 Å². The van der Waals surface area contributed by atoms with Crippen LogP contribution in [0, 0.1) is 5.41 Å². The number of halogens is 1. The summed E-state index contributed by atoms with van der Waals surface area (Å²) < 4.78 is 6.34. The van der Waals surface area contributed by atoms with Gasteiger partial charge in [-0.2, -0.15) is 0 Å². The van der Waals surface area contributed by atoms with Gasteiger partial charge < -0.3 is 15.5 Å². The van der Waals surface area contributed by atoms with Crippen molar-refractivity contribution in [2.75, 3.05) is 0 Å². The summed E-state index contributed by atoms with van der Waals surface area (Å²) in [7, 11) is 0. The van der Waals surface area contributed by atoms with Crippen molar-refractivity contribution in [1.82, 2.24) is 4.98 Å². The molecule has 4 nitrogen and oxygen atoms in total. The Morgan fingerprint density at radius 1 is 1.33 bits per heavy atom. The molecule has 30 heavy (non-hydrogen) atoms. The van der Waals surface area contributed by atoms with Crippen LogP contribution in [0.4, 0.5) is 0 Å². The largest absolute Gasteiger partial charge is 0.489 e. The molecule has 4 rings (SSSR count). The molecule has 3 N–H and O–H groups in total. The maximum absolute atomic E-state index is 12.0. The SMILES string of the molecule is CCCC(N)[C@]1(C2=CC=CCC2)CC[C@H](Oc2cc3cc[nH]c(=O)c3cc2Cl)CC1. The number of allylic oxidation sites excluding steroid dienone is 3. The number of nitrogens with two attached hydrogens (primary N) is 1. The molecule has 0 bridgehead atoms. The van der Waals surface area contributed by atoms with Gasteiger partial charge in [0.05, 0.1) is 11.1 Å². The van der Waals surface area contributed by atoms with Gasteiger partial charge in [0.2, 0.25) is 0 Å². The second-order valence-electron chi connectivity index (χ2n) is 8.70. The van der Waals surface area contributed by atoms with Crippen molar-refractivity contribution < 1.29 is 4.74 Å². The first-order valence-electron chi connectivity index (χ1n) is 11.1. The zero-order chi connectivity index (χ0) is 21.1. The van der Waals surface area contributed by atoms with Gasteiger partial charge >= 0.3 is 0 Å². The number of hydrogen-bond acceptors (Lipinski definition) is 3. The van der Waals surface area contributed by atoms with Crippen molar-refractivity contribution in [1.29, 1.82) is 0 Å². The van der Waals surface area contributed by atoms with Crippen LogP contribution in [0.5, 0.6) is 5.75 Å². The van der Waals surface area contributed by atoms with Gasteiger partial charge in [0, 0.05) is 23.0 Å². The quantitative estimate of drug-likeness (QED) is 0.604. The normalized spacial score (nSPS) is 25.2. The number of H-pyrrole nitrogens is 1. The van der Waals surface area contributed by atoms with Gasteiger partial charge in [-0.15, -0.1) is 0 Å². The van der Waals surface area contributed by atoms with E-state index >= 15 is 0 Å². The lowest BCUT2D eigenvalue weighted by Crippen LogP contribution is -2.47. The van der Waals surface area contributed by atoms with Crippen molar-refractivity contribution in [3.8, 4) is 5.75 Å². The number of pyridine rings is 1. The van der Waals surface area contributed by atoms with E-state index < -0.39 is 0 Å². The van der Waals surface area contributed by atoms with E-state index in [2.05, 4.69) is 30.1 Å². The Kier molecular flexibility index (Phi) is 6.35. The van der Waals surface area contributed by atoms with Crippen molar-refractivity contribution in [3.63, 3.8) is 0 Å². The predicted molar refractivity (Wildman–Crippen MR) is 124 cm³/mol. The minimum absolute atomic E-state index is 0.0844. The van der Waals surface area contributed by atoms with Crippen LogP contribution >= 0.6 is 11.6 Å². The van der Waals surface area contributed by atoms with Gasteiger partial charge in [-0.05, 0) is 68.5 Å². The molecular formula is C25H31ClN2O2. The standard InChI is InChI=1S/C25H31ClN2O2/c1-2-6-23(27)25(18-7-4-3-5-8-18)12-9-19(10-13-25)30-22-15-17-11-14-28-24(29)20(17)16-21(22)26/h3-4,7,11,14-16,19,23H,2,5-6,8-10,12-13,27H2,1H3,(H,28,29)/t19-,23?,25+. The highest BCUT2D eigenvalue weighted by Crippen LogP contribution is 2.49. The summed E-state index contributed by atoms with van der Waals surface area (Å²) in [6.45, 7) is 2.21. The highest BCUT2D eigenvalue weighted by atomic mass is 35.5. The summed E-state index contributed by atoms with van der Waals surface area (Å²) in [4.78, 5) is 14.7. The smallest absolute Gasteiger partial charge is 0.255 e. The van der Waals surface area contributed by atoms with Crippen molar-refractivity contribution in [2.45, 2.75) is 70.4 Å². The van der Waals surface area contributed by atoms with E-state index in [1.807, 2.05) is 12.1 Å². The molecule has 0 radical (unpaired) electrons. The predicted octanol–water partition coefficient (Wildman–Crippen LogP) is 5.89.